The lowest BCUT2D eigenvalue weighted by atomic mass is 10.1. The summed E-state index contributed by atoms with van der Waals surface area (Å²) in [5.74, 6) is 1.18. The van der Waals surface area contributed by atoms with Crippen molar-refractivity contribution in [3.8, 4) is 5.95 Å². The summed E-state index contributed by atoms with van der Waals surface area (Å²) in [4.78, 5) is 8.31. The van der Waals surface area contributed by atoms with Crippen LogP contribution in [-0.2, 0) is 6.42 Å². The molecule has 2 aromatic heterocycles. The molecule has 0 fully saturated rings. The van der Waals surface area contributed by atoms with E-state index < -0.39 is 0 Å². The van der Waals surface area contributed by atoms with Gasteiger partial charge in [-0.15, -0.1) is 0 Å². The highest BCUT2D eigenvalue weighted by Gasteiger charge is 2.10. The van der Waals surface area contributed by atoms with Gasteiger partial charge in [-0.3, -0.25) is 0 Å². The van der Waals surface area contributed by atoms with Crippen molar-refractivity contribution in [1.82, 2.24) is 19.7 Å². The minimum absolute atomic E-state index is 0.525. The first-order valence-corrected chi connectivity index (χ1v) is 6.92. The molecule has 2 aromatic rings. The van der Waals surface area contributed by atoms with Gasteiger partial charge < -0.3 is 5.73 Å². The molecule has 0 amide bonds. The third kappa shape index (κ3) is 3.53. The summed E-state index contributed by atoms with van der Waals surface area (Å²) < 4.78 is 1.60. The Balaban J connectivity index is 1.95. The molecule has 0 atom stereocenters. The number of hydrogen-bond donors (Lipinski definition) is 1. The van der Waals surface area contributed by atoms with Crippen LogP contribution in [0.25, 0.3) is 5.95 Å². The van der Waals surface area contributed by atoms with Crippen LogP contribution >= 0.6 is 0 Å². The molecule has 2 heterocycles. The molecule has 0 aliphatic heterocycles. The first kappa shape index (κ1) is 13.5. The standard InChI is InChI=1S/C14H21N5/c1-2-3-4-5-6-8-12-11-18-19(13(12)15)14-16-9-7-10-17-14/h7,9-11H,2-6,8,15H2,1H3. The summed E-state index contributed by atoms with van der Waals surface area (Å²) in [5, 5.41) is 4.27. The summed E-state index contributed by atoms with van der Waals surface area (Å²) in [6.07, 6.45) is 12.5. The van der Waals surface area contributed by atoms with Crippen LogP contribution in [0, 0.1) is 0 Å². The Morgan fingerprint density at radius 3 is 2.58 bits per heavy atom. The fraction of sp³-hybridized carbons (Fsp3) is 0.500. The first-order chi connectivity index (χ1) is 9.33. The van der Waals surface area contributed by atoms with Gasteiger partial charge in [0.15, 0.2) is 0 Å². The molecule has 0 aliphatic carbocycles. The van der Waals surface area contributed by atoms with Crippen LogP contribution in [0.2, 0.25) is 0 Å². The monoisotopic (exact) mass is 259 g/mol. The molecular weight excluding hydrogens is 238 g/mol. The van der Waals surface area contributed by atoms with Crippen LogP contribution in [0.3, 0.4) is 0 Å². The van der Waals surface area contributed by atoms with Crippen molar-refractivity contribution in [2.45, 2.75) is 45.4 Å². The van der Waals surface area contributed by atoms with Gasteiger partial charge in [-0.1, -0.05) is 32.6 Å². The third-order valence-electron chi connectivity index (χ3n) is 3.18. The molecule has 5 nitrogen and oxygen atoms in total. The molecule has 2 N–H and O–H groups in total. The second-order valence-electron chi connectivity index (χ2n) is 4.68. The molecule has 0 aliphatic rings. The molecule has 5 heteroatoms. The van der Waals surface area contributed by atoms with E-state index in [2.05, 4.69) is 22.0 Å². The molecule has 0 saturated carbocycles. The van der Waals surface area contributed by atoms with Crippen LogP contribution in [0.4, 0.5) is 5.82 Å². The van der Waals surface area contributed by atoms with E-state index in [1.165, 1.54) is 25.7 Å². The van der Waals surface area contributed by atoms with Crippen LogP contribution in [-0.4, -0.2) is 19.7 Å². The molecule has 0 spiro atoms. The minimum Gasteiger partial charge on any atom is -0.383 e. The number of aromatic nitrogens is 4. The number of nitrogen functional groups attached to an aromatic ring is 1. The minimum atomic E-state index is 0.525. The summed E-state index contributed by atoms with van der Waals surface area (Å²) >= 11 is 0. The molecule has 19 heavy (non-hydrogen) atoms. The Morgan fingerprint density at radius 2 is 1.84 bits per heavy atom. The highest BCUT2D eigenvalue weighted by atomic mass is 15.4. The van der Waals surface area contributed by atoms with Crippen molar-refractivity contribution in [3.63, 3.8) is 0 Å². The zero-order valence-corrected chi connectivity index (χ0v) is 11.4. The number of rotatable bonds is 7. The van der Waals surface area contributed by atoms with E-state index in [9.17, 15) is 0 Å². The van der Waals surface area contributed by atoms with Gasteiger partial charge in [-0.05, 0) is 18.9 Å². The maximum absolute atomic E-state index is 6.10. The van der Waals surface area contributed by atoms with E-state index in [1.807, 2.05) is 6.20 Å². The highest BCUT2D eigenvalue weighted by molar-refractivity contribution is 5.42. The van der Waals surface area contributed by atoms with Crippen molar-refractivity contribution in [2.24, 2.45) is 0 Å². The van der Waals surface area contributed by atoms with Crippen molar-refractivity contribution in [1.29, 1.82) is 0 Å². The number of aryl methyl sites for hydroxylation is 1. The van der Waals surface area contributed by atoms with E-state index >= 15 is 0 Å². The summed E-state index contributed by atoms with van der Waals surface area (Å²) in [5.41, 5.74) is 7.18. The number of nitrogens with zero attached hydrogens (tertiary/aromatic N) is 4. The molecule has 0 radical (unpaired) electrons. The van der Waals surface area contributed by atoms with E-state index in [4.69, 9.17) is 5.73 Å². The van der Waals surface area contributed by atoms with Crippen LogP contribution in [0.15, 0.2) is 24.7 Å². The Kier molecular flexibility index (Phi) is 4.89. The topological polar surface area (TPSA) is 69.6 Å². The molecule has 102 valence electrons. The predicted octanol–water partition coefficient (Wildman–Crippen LogP) is 2.76. The van der Waals surface area contributed by atoms with Gasteiger partial charge in [-0.2, -0.15) is 9.78 Å². The molecule has 2 rings (SSSR count). The van der Waals surface area contributed by atoms with Crippen LogP contribution in [0.1, 0.15) is 44.6 Å². The van der Waals surface area contributed by atoms with Gasteiger partial charge in [0.25, 0.3) is 5.95 Å². The quantitative estimate of drug-likeness (QED) is 0.776. The van der Waals surface area contributed by atoms with Crippen molar-refractivity contribution in [2.75, 3.05) is 5.73 Å². The Labute approximate surface area is 113 Å². The normalized spacial score (nSPS) is 10.8. The predicted molar refractivity (Wildman–Crippen MR) is 76.0 cm³/mol. The van der Waals surface area contributed by atoms with Gasteiger partial charge in [0.2, 0.25) is 0 Å². The number of anilines is 1. The maximum atomic E-state index is 6.10. The van der Waals surface area contributed by atoms with Crippen molar-refractivity contribution < 1.29 is 0 Å². The van der Waals surface area contributed by atoms with Gasteiger partial charge in [0.05, 0.1) is 6.20 Å². The largest absolute Gasteiger partial charge is 0.383 e. The van der Waals surface area contributed by atoms with E-state index in [0.717, 1.165) is 18.4 Å². The highest BCUT2D eigenvalue weighted by Crippen LogP contribution is 2.17. The zero-order chi connectivity index (χ0) is 13.5. The summed E-state index contributed by atoms with van der Waals surface area (Å²) in [7, 11) is 0. The van der Waals surface area contributed by atoms with E-state index in [0.29, 0.717) is 11.8 Å². The number of hydrogen-bond acceptors (Lipinski definition) is 4. The lowest BCUT2D eigenvalue weighted by Crippen LogP contribution is -2.06. The average Bonchev–Trinajstić information content (AvgIpc) is 2.81. The van der Waals surface area contributed by atoms with Gasteiger partial charge in [-0.25, -0.2) is 9.97 Å². The number of nitrogens with two attached hydrogens (primary N) is 1. The fourth-order valence-corrected chi connectivity index (χ4v) is 2.06. The molecule has 0 aromatic carbocycles. The Morgan fingerprint density at radius 1 is 1.11 bits per heavy atom. The average molecular weight is 259 g/mol. The second-order valence-corrected chi connectivity index (χ2v) is 4.68. The van der Waals surface area contributed by atoms with Crippen molar-refractivity contribution >= 4 is 5.82 Å². The second kappa shape index (κ2) is 6.87. The van der Waals surface area contributed by atoms with Crippen molar-refractivity contribution in [3.05, 3.63) is 30.2 Å². The summed E-state index contributed by atoms with van der Waals surface area (Å²) in [6.45, 7) is 2.22. The third-order valence-corrected chi connectivity index (χ3v) is 3.18. The van der Waals surface area contributed by atoms with Gasteiger partial charge >= 0.3 is 0 Å². The van der Waals surface area contributed by atoms with Gasteiger partial charge in [0, 0.05) is 18.0 Å². The molecule has 0 unspecified atom stereocenters. The smallest absolute Gasteiger partial charge is 0.252 e. The molecular formula is C14H21N5. The SMILES string of the molecule is CCCCCCCc1cnn(-c2ncccn2)c1N. The lowest BCUT2D eigenvalue weighted by Gasteiger charge is -2.03. The summed E-state index contributed by atoms with van der Waals surface area (Å²) in [6, 6.07) is 1.78. The van der Waals surface area contributed by atoms with E-state index in [-0.39, 0.29) is 0 Å². The maximum Gasteiger partial charge on any atom is 0.252 e. The van der Waals surface area contributed by atoms with Crippen LogP contribution < -0.4 is 5.73 Å². The Bertz CT molecular complexity index is 492. The van der Waals surface area contributed by atoms with Gasteiger partial charge in [0.1, 0.15) is 5.82 Å². The first-order valence-electron chi connectivity index (χ1n) is 6.92. The van der Waals surface area contributed by atoms with E-state index in [1.54, 1.807) is 23.1 Å². The molecule has 0 saturated heterocycles. The Hall–Kier alpha value is -1.91. The number of unbranched alkanes of at least 4 members (excludes halogenated alkanes) is 4. The van der Waals surface area contributed by atoms with Crippen LogP contribution in [0.5, 0.6) is 0 Å². The molecule has 0 bridgehead atoms. The lowest BCUT2D eigenvalue weighted by molar-refractivity contribution is 0.632. The fourth-order valence-electron chi connectivity index (χ4n) is 2.06. The zero-order valence-electron chi connectivity index (χ0n) is 11.4.